The van der Waals surface area contributed by atoms with Crippen LogP contribution in [0.15, 0.2) is 30.3 Å². The van der Waals surface area contributed by atoms with E-state index in [2.05, 4.69) is 49.1 Å². The van der Waals surface area contributed by atoms with Gasteiger partial charge in [0.1, 0.15) is 0 Å². The minimum Gasteiger partial charge on any atom is -0.339 e. The zero-order valence-corrected chi connectivity index (χ0v) is 16.3. The number of hydrogen-bond acceptors (Lipinski definition) is 3. The number of rotatable bonds is 7. The molecule has 2 rings (SSSR count). The first-order chi connectivity index (χ1) is 11.9. The van der Waals surface area contributed by atoms with Gasteiger partial charge in [0.2, 0.25) is 5.91 Å². The number of nitrogens with zero attached hydrogens (tertiary/aromatic N) is 2. The quantitative estimate of drug-likeness (QED) is 0.826. The van der Waals surface area contributed by atoms with E-state index in [4.69, 9.17) is 5.73 Å². The van der Waals surface area contributed by atoms with E-state index in [9.17, 15) is 4.79 Å². The minimum absolute atomic E-state index is 0.102. The Morgan fingerprint density at radius 3 is 2.52 bits per heavy atom. The lowest BCUT2D eigenvalue weighted by Crippen LogP contribution is -2.52. The maximum absolute atomic E-state index is 12.8. The highest BCUT2D eigenvalue weighted by Gasteiger charge is 2.29. The van der Waals surface area contributed by atoms with Gasteiger partial charge in [-0.05, 0) is 50.6 Å². The molecular formula is C21H35N3O. The number of carbonyl (C=O) groups is 1. The molecule has 4 heteroatoms. The van der Waals surface area contributed by atoms with E-state index < -0.39 is 6.04 Å². The Bertz CT molecular complexity index is 529. The van der Waals surface area contributed by atoms with Crippen LogP contribution >= 0.6 is 0 Å². The lowest BCUT2D eigenvalue weighted by molar-refractivity contribution is -0.136. The van der Waals surface area contributed by atoms with Crippen LogP contribution in [0.2, 0.25) is 0 Å². The molecule has 1 amide bonds. The van der Waals surface area contributed by atoms with Crippen molar-refractivity contribution in [2.24, 2.45) is 17.6 Å². The number of piperidine rings is 1. The molecule has 0 bridgehead atoms. The maximum atomic E-state index is 12.8. The van der Waals surface area contributed by atoms with Gasteiger partial charge in [-0.1, -0.05) is 44.2 Å². The van der Waals surface area contributed by atoms with Gasteiger partial charge >= 0.3 is 0 Å². The molecule has 1 aromatic carbocycles. The summed E-state index contributed by atoms with van der Waals surface area (Å²) in [5.74, 6) is 0.808. The smallest absolute Gasteiger partial charge is 0.239 e. The molecule has 140 valence electrons. The van der Waals surface area contributed by atoms with Crippen LogP contribution in [-0.2, 0) is 11.3 Å². The van der Waals surface area contributed by atoms with Crippen molar-refractivity contribution < 1.29 is 4.79 Å². The fourth-order valence-corrected chi connectivity index (χ4v) is 3.60. The standard InChI is InChI=1S/C21H35N3O/c1-16(2)20(22)21(25)24(17(3)4)15-19-11-8-12-23(14-19)13-18-9-6-5-7-10-18/h5-7,9-10,16-17,19-20H,8,11-15,22H2,1-4H3/t19?,20-/m0/s1. The summed E-state index contributed by atoms with van der Waals surface area (Å²) in [6.45, 7) is 12.2. The van der Waals surface area contributed by atoms with Gasteiger partial charge in [-0.3, -0.25) is 9.69 Å². The molecule has 2 atom stereocenters. The molecule has 1 aliphatic rings. The summed E-state index contributed by atoms with van der Waals surface area (Å²) in [6, 6.07) is 10.4. The van der Waals surface area contributed by atoms with Gasteiger partial charge in [-0.15, -0.1) is 0 Å². The van der Waals surface area contributed by atoms with Gasteiger partial charge in [-0.2, -0.15) is 0 Å². The van der Waals surface area contributed by atoms with Gasteiger partial charge in [-0.25, -0.2) is 0 Å². The van der Waals surface area contributed by atoms with Crippen LogP contribution in [0.5, 0.6) is 0 Å². The Morgan fingerprint density at radius 2 is 1.92 bits per heavy atom. The summed E-state index contributed by atoms with van der Waals surface area (Å²) in [5, 5.41) is 0. The molecule has 4 nitrogen and oxygen atoms in total. The average molecular weight is 346 g/mol. The van der Waals surface area contributed by atoms with E-state index in [1.807, 2.05) is 18.7 Å². The number of benzene rings is 1. The second kappa shape index (κ2) is 9.35. The van der Waals surface area contributed by atoms with Crippen LogP contribution in [0.3, 0.4) is 0 Å². The van der Waals surface area contributed by atoms with E-state index in [0.717, 1.165) is 26.2 Å². The summed E-state index contributed by atoms with van der Waals surface area (Å²) in [5.41, 5.74) is 7.49. The second-order valence-electron chi connectivity index (χ2n) is 8.08. The molecule has 0 spiro atoms. The molecule has 1 aliphatic heterocycles. The fraction of sp³-hybridized carbons (Fsp3) is 0.667. The number of nitrogens with two attached hydrogens (primary N) is 1. The van der Waals surface area contributed by atoms with E-state index in [-0.39, 0.29) is 17.9 Å². The van der Waals surface area contributed by atoms with E-state index in [0.29, 0.717) is 5.92 Å². The van der Waals surface area contributed by atoms with Crippen LogP contribution in [-0.4, -0.2) is 47.4 Å². The van der Waals surface area contributed by atoms with Crippen LogP contribution in [0, 0.1) is 11.8 Å². The predicted octanol–water partition coefficient (Wildman–Crippen LogP) is 3.12. The molecule has 1 aromatic rings. The first kappa shape index (κ1) is 19.9. The number of hydrogen-bond donors (Lipinski definition) is 1. The Hall–Kier alpha value is -1.39. The van der Waals surface area contributed by atoms with Crippen molar-refractivity contribution in [2.75, 3.05) is 19.6 Å². The Balaban J connectivity index is 1.95. The zero-order valence-electron chi connectivity index (χ0n) is 16.3. The molecule has 1 fully saturated rings. The van der Waals surface area contributed by atoms with E-state index in [1.54, 1.807) is 0 Å². The minimum atomic E-state index is -0.397. The van der Waals surface area contributed by atoms with Crippen molar-refractivity contribution in [2.45, 2.75) is 59.2 Å². The first-order valence-corrected chi connectivity index (χ1v) is 9.70. The molecule has 1 unspecified atom stereocenters. The molecule has 0 aliphatic carbocycles. The van der Waals surface area contributed by atoms with Crippen molar-refractivity contribution in [3.63, 3.8) is 0 Å². The summed E-state index contributed by atoms with van der Waals surface area (Å²) in [6.07, 6.45) is 2.40. The summed E-state index contributed by atoms with van der Waals surface area (Å²) in [7, 11) is 0. The normalized spacial score (nSPS) is 20.0. The third-order valence-electron chi connectivity index (χ3n) is 5.22. The average Bonchev–Trinajstić information content (AvgIpc) is 2.59. The second-order valence-corrected chi connectivity index (χ2v) is 8.08. The topological polar surface area (TPSA) is 49.6 Å². The molecule has 0 radical (unpaired) electrons. The lowest BCUT2D eigenvalue weighted by Gasteiger charge is -2.38. The SMILES string of the molecule is CC(C)[C@H](N)C(=O)N(CC1CCCN(Cc2ccccc2)C1)C(C)C. The van der Waals surface area contributed by atoms with Crippen molar-refractivity contribution >= 4 is 5.91 Å². The summed E-state index contributed by atoms with van der Waals surface area (Å²) >= 11 is 0. The Morgan fingerprint density at radius 1 is 1.24 bits per heavy atom. The van der Waals surface area contributed by atoms with Crippen molar-refractivity contribution in [1.82, 2.24) is 9.80 Å². The highest BCUT2D eigenvalue weighted by molar-refractivity contribution is 5.82. The monoisotopic (exact) mass is 345 g/mol. The zero-order chi connectivity index (χ0) is 18.4. The largest absolute Gasteiger partial charge is 0.339 e. The molecule has 0 aromatic heterocycles. The Labute approximate surface area is 153 Å². The Kier molecular flexibility index (Phi) is 7.45. The van der Waals surface area contributed by atoms with Gasteiger partial charge in [0.05, 0.1) is 6.04 Å². The van der Waals surface area contributed by atoms with Crippen molar-refractivity contribution in [3.05, 3.63) is 35.9 Å². The van der Waals surface area contributed by atoms with Crippen LogP contribution in [0.4, 0.5) is 0 Å². The van der Waals surface area contributed by atoms with Gasteiger partial charge < -0.3 is 10.6 Å². The first-order valence-electron chi connectivity index (χ1n) is 9.70. The van der Waals surface area contributed by atoms with Gasteiger partial charge in [0.25, 0.3) is 0 Å². The van der Waals surface area contributed by atoms with E-state index >= 15 is 0 Å². The molecule has 1 saturated heterocycles. The number of carbonyl (C=O) groups excluding carboxylic acids is 1. The van der Waals surface area contributed by atoms with E-state index in [1.165, 1.54) is 18.4 Å². The fourth-order valence-electron chi connectivity index (χ4n) is 3.60. The summed E-state index contributed by atoms with van der Waals surface area (Å²) in [4.78, 5) is 17.3. The van der Waals surface area contributed by atoms with Crippen molar-refractivity contribution in [3.8, 4) is 0 Å². The third-order valence-corrected chi connectivity index (χ3v) is 5.22. The van der Waals surface area contributed by atoms with Crippen LogP contribution in [0.1, 0.15) is 46.1 Å². The van der Waals surface area contributed by atoms with Crippen LogP contribution < -0.4 is 5.73 Å². The lowest BCUT2D eigenvalue weighted by atomic mass is 9.95. The van der Waals surface area contributed by atoms with Crippen LogP contribution in [0.25, 0.3) is 0 Å². The summed E-state index contributed by atoms with van der Waals surface area (Å²) < 4.78 is 0. The molecule has 1 heterocycles. The molecule has 0 saturated carbocycles. The number of likely N-dealkylation sites (tertiary alicyclic amines) is 1. The third kappa shape index (κ3) is 5.82. The maximum Gasteiger partial charge on any atom is 0.239 e. The van der Waals surface area contributed by atoms with Gasteiger partial charge in [0.15, 0.2) is 0 Å². The number of amides is 1. The van der Waals surface area contributed by atoms with Gasteiger partial charge in [0, 0.05) is 25.7 Å². The van der Waals surface area contributed by atoms with Crippen molar-refractivity contribution in [1.29, 1.82) is 0 Å². The highest BCUT2D eigenvalue weighted by atomic mass is 16.2. The molecule has 2 N–H and O–H groups in total. The molecule has 25 heavy (non-hydrogen) atoms. The predicted molar refractivity (Wildman–Crippen MR) is 104 cm³/mol. The highest BCUT2D eigenvalue weighted by Crippen LogP contribution is 2.21. The molecular weight excluding hydrogens is 310 g/mol.